The molecule has 0 spiro atoms. The Bertz CT molecular complexity index is 1520. The van der Waals surface area contributed by atoms with Gasteiger partial charge < -0.3 is 25.6 Å². The number of nitrogens with two attached hydrogens (primary N) is 1. The van der Waals surface area contributed by atoms with E-state index in [2.05, 4.69) is 30.5 Å². The standard InChI is InChI=1S/C25H19F4N7O3/c26-16-7-3-1-5-14(16)12-32-19(18-9-10-38-36-18)11-17(30)23-33-13-20(22(31)35-23)34-24(37)15-6-2-4-8-21(15)39-25(27,28)29/h1-11,13,30,32H,12H2,(H,34,37)(H2,31,33,35)/b19-11-,30-17?. The first kappa shape index (κ1) is 26.8. The van der Waals surface area contributed by atoms with Gasteiger partial charge in [-0.25, -0.2) is 14.4 Å². The van der Waals surface area contributed by atoms with Gasteiger partial charge >= 0.3 is 6.36 Å². The lowest BCUT2D eigenvalue weighted by Crippen LogP contribution is -2.21. The lowest BCUT2D eigenvalue weighted by molar-refractivity contribution is -0.274. The third-order valence-electron chi connectivity index (χ3n) is 5.09. The molecule has 10 nitrogen and oxygen atoms in total. The molecule has 0 saturated carbocycles. The molecule has 4 rings (SSSR count). The molecule has 0 aliphatic rings. The maximum absolute atomic E-state index is 14.0. The molecule has 14 heteroatoms. The summed E-state index contributed by atoms with van der Waals surface area (Å²) in [7, 11) is 0. The van der Waals surface area contributed by atoms with Crippen molar-refractivity contribution in [2.75, 3.05) is 11.1 Å². The van der Waals surface area contributed by atoms with E-state index >= 15 is 0 Å². The van der Waals surface area contributed by atoms with Crippen molar-refractivity contribution in [3.63, 3.8) is 0 Å². The van der Waals surface area contributed by atoms with Gasteiger partial charge in [-0.15, -0.1) is 13.2 Å². The Balaban J connectivity index is 1.52. The van der Waals surface area contributed by atoms with Crippen LogP contribution in [-0.4, -0.2) is 33.1 Å². The molecule has 4 aromatic rings. The first-order valence-electron chi connectivity index (χ1n) is 11.1. The molecule has 5 N–H and O–H groups in total. The van der Waals surface area contributed by atoms with Crippen LogP contribution < -0.4 is 21.1 Å². The summed E-state index contributed by atoms with van der Waals surface area (Å²) in [5.74, 6) is -2.45. The SMILES string of the molecule is N=C(/C=C(\NCc1ccccc1F)c1ccon1)c1ncc(NC(=O)c2ccccc2OC(F)(F)F)c(N)n1. The predicted octanol–water partition coefficient (Wildman–Crippen LogP) is 4.54. The number of carbonyl (C=O) groups is 1. The van der Waals surface area contributed by atoms with Gasteiger partial charge in [0.1, 0.15) is 34.9 Å². The van der Waals surface area contributed by atoms with Crippen LogP contribution in [0.5, 0.6) is 5.75 Å². The topological polar surface area (TPSA) is 152 Å². The molecule has 0 fully saturated rings. The minimum absolute atomic E-state index is 0.0755. The van der Waals surface area contributed by atoms with Gasteiger partial charge in [0.15, 0.2) is 11.6 Å². The summed E-state index contributed by atoms with van der Waals surface area (Å²) in [5, 5.41) is 17.6. The number of nitrogen functional groups attached to an aromatic ring is 1. The number of benzene rings is 2. The minimum Gasteiger partial charge on any atom is -0.405 e. The van der Waals surface area contributed by atoms with Gasteiger partial charge in [0, 0.05) is 18.2 Å². The van der Waals surface area contributed by atoms with Gasteiger partial charge in [-0.05, 0) is 24.3 Å². The highest BCUT2D eigenvalue weighted by molar-refractivity contribution is 6.09. The van der Waals surface area contributed by atoms with E-state index < -0.39 is 29.4 Å². The van der Waals surface area contributed by atoms with Crippen LogP contribution in [0, 0.1) is 11.2 Å². The van der Waals surface area contributed by atoms with Crippen molar-refractivity contribution in [2.45, 2.75) is 12.9 Å². The molecule has 0 aliphatic heterocycles. The second-order valence-electron chi connectivity index (χ2n) is 7.79. The number of allylic oxidation sites excluding steroid dienone is 1. The molecular weight excluding hydrogens is 522 g/mol. The normalized spacial score (nSPS) is 11.6. The number of halogens is 4. The van der Waals surface area contributed by atoms with Crippen LogP contribution in [0.2, 0.25) is 0 Å². The fourth-order valence-corrected chi connectivity index (χ4v) is 3.29. The number of nitrogens with zero attached hydrogens (tertiary/aromatic N) is 3. The van der Waals surface area contributed by atoms with Crippen molar-refractivity contribution < 1.29 is 31.6 Å². The average molecular weight is 541 g/mol. The van der Waals surface area contributed by atoms with Crippen LogP contribution in [0.25, 0.3) is 5.70 Å². The molecule has 2 heterocycles. The van der Waals surface area contributed by atoms with Crippen LogP contribution in [0.15, 0.2) is 77.7 Å². The molecule has 2 aromatic carbocycles. The minimum atomic E-state index is -5.00. The van der Waals surface area contributed by atoms with Crippen LogP contribution in [0.4, 0.5) is 29.1 Å². The summed E-state index contributed by atoms with van der Waals surface area (Å²) in [6, 6.07) is 12.5. The summed E-state index contributed by atoms with van der Waals surface area (Å²) < 4.78 is 60.8. The molecule has 0 saturated heterocycles. The van der Waals surface area contributed by atoms with E-state index in [9.17, 15) is 22.4 Å². The van der Waals surface area contributed by atoms with Crippen LogP contribution in [0.1, 0.15) is 27.4 Å². The van der Waals surface area contributed by atoms with E-state index in [0.29, 0.717) is 17.0 Å². The zero-order chi connectivity index (χ0) is 28.0. The molecule has 0 aliphatic carbocycles. The highest BCUT2D eigenvalue weighted by Gasteiger charge is 2.33. The number of nitrogens with one attached hydrogen (secondary N) is 3. The fraction of sp³-hybridized carbons (Fsp3) is 0.0800. The quantitative estimate of drug-likeness (QED) is 0.178. The third-order valence-corrected chi connectivity index (χ3v) is 5.09. The first-order chi connectivity index (χ1) is 18.6. The largest absolute Gasteiger partial charge is 0.573 e. The smallest absolute Gasteiger partial charge is 0.405 e. The van der Waals surface area contributed by atoms with E-state index in [1.165, 1.54) is 36.6 Å². The van der Waals surface area contributed by atoms with Gasteiger partial charge in [0.2, 0.25) is 0 Å². The Kier molecular flexibility index (Phi) is 7.84. The predicted molar refractivity (Wildman–Crippen MR) is 132 cm³/mol. The molecular formula is C25H19F4N7O3. The second kappa shape index (κ2) is 11.4. The fourth-order valence-electron chi connectivity index (χ4n) is 3.29. The summed E-state index contributed by atoms with van der Waals surface area (Å²) in [4.78, 5) is 20.6. The van der Waals surface area contributed by atoms with Gasteiger partial charge in [-0.1, -0.05) is 35.5 Å². The summed E-state index contributed by atoms with van der Waals surface area (Å²) in [5.41, 5.74) is 6.21. The van der Waals surface area contributed by atoms with Crippen molar-refractivity contribution in [3.05, 3.63) is 102 Å². The maximum atomic E-state index is 14.0. The Morgan fingerprint density at radius 3 is 2.56 bits per heavy atom. The van der Waals surface area contributed by atoms with Gasteiger partial charge in [-0.2, -0.15) is 0 Å². The van der Waals surface area contributed by atoms with E-state index in [0.717, 1.165) is 18.3 Å². The number of para-hydroxylation sites is 1. The number of anilines is 2. The van der Waals surface area contributed by atoms with Gasteiger partial charge in [-0.3, -0.25) is 10.2 Å². The highest BCUT2D eigenvalue weighted by Crippen LogP contribution is 2.27. The monoisotopic (exact) mass is 541 g/mol. The first-order valence-corrected chi connectivity index (χ1v) is 11.1. The number of amides is 1. The molecule has 2 aromatic heterocycles. The zero-order valence-corrected chi connectivity index (χ0v) is 19.8. The number of carbonyl (C=O) groups excluding carboxylic acids is 1. The number of aromatic nitrogens is 3. The Morgan fingerprint density at radius 2 is 1.87 bits per heavy atom. The van der Waals surface area contributed by atoms with Crippen molar-refractivity contribution in [1.82, 2.24) is 20.4 Å². The summed E-state index contributed by atoms with van der Waals surface area (Å²) in [6.07, 6.45) is -1.24. The van der Waals surface area contributed by atoms with Crippen LogP contribution >= 0.6 is 0 Å². The number of hydrogen-bond donors (Lipinski definition) is 4. The van der Waals surface area contributed by atoms with E-state index in [1.54, 1.807) is 18.2 Å². The van der Waals surface area contributed by atoms with Gasteiger partial charge in [0.25, 0.3) is 5.91 Å². The van der Waals surface area contributed by atoms with E-state index in [1.807, 2.05) is 0 Å². The average Bonchev–Trinajstić information content (AvgIpc) is 3.43. The number of hydrogen-bond acceptors (Lipinski definition) is 9. The Morgan fingerprint density at radius 1 is 1.13 bits per heavy atom. The van der Waals surface area contributed by atoms with E-state index in [-0.39, 0.29) is 29.6 Å². The van der Waals surface area contributed by atoms with Crippen LogP contribution in [-0.2, 0) is 6.54 Å². The van der Waals surface area contributed by atoms with E-state index in [4.69, 9.17) is 15.7 Å². The lowest BCUT2D eigenvalue weighted by Gasteiger charge is -2.14. The van der Waals surface area contributed by atoms with Crippen molar-refractivity contribution in [1.29, 1.82) is 5.41 Å². The summed E-state index contributed by atoms with van der Waals surface area (Å²) >= 11 is 0. The number of alkyl halides is 3. The molecule has 0 bridgehead atoms. The number of rotatable bonds is 9. The van der Waals surface area contributed by atoms with Gasteiger partial charge in [0.05, 0.1) is 17.5 Å². The number of ether oxygens (including phenoxy) is 1. The lowest BCUT2D eigenvalue weighted by atomic mass is 10.2. The van der Waals surface area contributed by atoms with Crippen molar-refractivity contribution in [2.24, 2.45) is 0 Å². The summed E-state index contributed by atoms with van der Waals surface area (Å²) in [6.45, 7) is 0.0755. The molecule has 200 valence electrons. The molecule has 0 atom stereocenters. The molecule has 0 radical (unpaired) electrons. The molecule has 1 amide bonds. The zero-order valence-electron chi connectivity index (χ0n) is 19.8. The van der Waals surface area contributed by atoms with Crippen LogP contribution in [0.3, 0.4) is 0 Å². The second-order valence-corrected chi connectivity index (χ2v) is 7.79. The molecule has 39 heavy (non-hydrogen) atoms. The Labute approximate surface area is 218 Å². The Hall–Kier alpha value is -5.27. The third kappa shape index (κ3) is 6.94. The highest BCUT2D eigenvalue weighted by atomic mass is 19.4. The van der Waals surface area contributed by atoms with Crippen molar-refractivity contribution >= 4 is 28.8 Å². The maximum Gasteiger partial charge on any atom is 0.573 e. The van der Waals surface area contributed by atoms with Crippen molar-refractivity contribution in [3.8, 4) is 5.75 Å². The molecule has 0 unspecified atom stereocenters.